The van der Waals surface area contributed by atoms with Crippen LogP contribution in [0.4, 0.5) is 0 Å². The lowest BCUT2D eigenvalue weighted by Gasteiger charge is -2.45. The molecule has 1 heterocycles. The number of fused-ring (bicyclic) bond motifs is 4. The van der Waals surface area contributed by atoms with E-state index in [9.17, 15) is 4.79 Å². The first kappa shape index (κ1) is 20.3. The predicted octanol–water partition coefficient (Wildman–Crippen LogP) is 5.95. The largest absolute Gasteiger partial charge is 0.326 e. The van der Waals surface area contributed by atoms with Crippen LogP contribution in [0.3, 0.4) is 0 Å². The van der Waals surface area contributed by atoms with Crippen molar-refractivity contribution in [2.45, 2.75) is 52.0 Å². The van der Waals surface area contributed by atoms with Crippen LogP contribution in [-0.4, -0.2) is 11.2 Å². The third-order valence-corrected chi connectivity index (χ3v) is 6.35. The predicted molar refractivity (Wildman–Crippen MR) is 126 cm³/mol. The molecule has 0 spiro atoms. The van der Waals surface area contributed by atoms with Crippen LogP contribution in [0, 0.1) is 5.92 Å². The lowest BCUT2D eigenvalue weighted by Crippen LogP contribution is -2.40. The average molecular weight is 399 g/mol. The maximum absolute atomic E-state index is 11.9. The summed E-state index contributed by atoms with van der Waals surface area (Å²) in [4.78, 5) is 20.2. The molecule has 154 valence electrons. The Morgan fingerprint density at radius 2 is 2.00 bits per heavy atom. The number of nitrogens with one attached hydrogen (secondary N) is 1. The van der Waals surface area contributed by atoms with Crippen LogP contribution in [-0.2, 0) is 12.0 Å². The molecule has 0 saturated heterocycles. The zero-order chi connectivity index (χ0) is 21.3. The van der Waals surface area contributed by atoms with Crippen molar-refractivity contribution in [2.75, 3.05) is 0 Å². The molecule has 1 aromatic carbocycles. The normalized spacial score (nSPS) is 24.6. The number of hydrogen-bond donors (Lipinski definition) is 1. The van der Waals surface area contributed by atoms with E-state index in [1.54, 1.807) is 6.07 Å². The van der Waals surface area contributed by atoms with Gasteiger partial charge in [0.2, 0.25) is 5.56 Å². The lowest BCUT2D eigenvalue weighted by atomic mass is 9.63. The highest BCUT2D eigenvalue weighted by atomic mass is 16.1. The molecular weight excluding hydrogens is 368 g/mol. The number of rotatable bonds is 4. The first-order valence-electron chi connectivity index (χ1n) is 10.8. The zero-order valence-electron chi connectivity index (χ0n) is 18.3. The molecule has 4 rings (SSSR count). The minimum absolute atomic E-state index is 0.0410. The molecule has 0 saturated carbocycles. The van der Waals surface area contributed by atoms with Crippen molar-refractivity contribution in [2.24, 2.45) is 10.9 Å². The molecule has 0 fully saturated rings. The first-order chi connectivity index (χ1) is 14.4. The summed E-state index contributed by atoms with van der Waals surface area (Å²) in [7, 11) is 0. The van der Waals surface area contributed by atoms with Crippen LogP contribution < -0.4 is 5.56 Å². The van der Waals surface area contributed by atoms with Gasteiger partial charge in [-0.1, -0.05) is 61.9 Å². The van der Waals surface area contributed by atoms with Crippen LogP contribution in [0.25, 0.3) is 6.08 Å². The first-order valence-corrected chi connectivity index (χ1v) is 10.8. The van der Waals surface area contributed by atoms with Gasteiger partial charge < -0.3 is 4.98 Å². The van der Waals surface area contributed by atoms with Crippen LogP contribution in [0.15, 0.2) is 75.6 Å². The second-order valence-corrected chi connectivity index (χ2v) is 8.74. The van der Waals surface area contributed by atoms with Crippen molar-refractivity contribution < 1.29 is 0 Å². The fourth-order valence-corrected chi connectivity index (χ4v) is 5.16. The molecular formula is C27H30N2O. The minimum atomic E-state index is -0.433. The highest BCUT2D eigenvalue weighted by Crippen LogP contribution is 2.51. The van der Waals surface area contributed by atoms with Crippen LogP contribution >= 0.6 is 0 Å². The number of hydrogen-bond acceptors (Lipinski definition) is 2. The summed E-state index contributed by atoms with van der Waals surface area (Å²) >= 11 is 0. The molecule has 30 heavy (non-hydrogen) atoms. The van der Waals surface area contributed by atoms with E-state index < -0.39 is 5.54 Å². The van der Waals surface area contributed by atoms with Gasteiger partial charge in [0.15, 0.2) is 0 Å². The summed E-state index contributed by atoms with van der Waals surface area (Å²) in [6.07, 6.45) is 12.4. The maximum Gasteiger partial charge on any atom is 0.248 e. The summed E-state index contributed by atoms with van der Waals surface area (Å²) in [5.74, 6) is 0.766. The van der Waals surface area contributed by atoms with E-state index in [4.69, 9.17) is 4.99 Å². The second-order valence-electron chi connectivity index (χ2n) is 8.74. The van der Waals surface area contributed by atoms with E-state index >= 15 is 0 Å². The van der Waals surface area contributed by atoms with Gasteiger partial charge in [0.25, 0.3) is 0 Å². The van der Waals surface area contributed by atoms with Crippen molar-refractivity contribution in [1.82, 2.24) is 4.98 Å². The maximum atomic E-state index is 11.9. The Morgan fingerprint density at radius 1 is 1.20 bits per heavy atom. The molecule has 2 aromatic rings. The zero-order valence-corrected chi connectivity index (χ0v) is 18.3. The Labute approximate surface area is 179 Å². The summed E-state index contributed by atoms with van der Waals surface area (Å²) in [6, 6.07) is 12.1. The fourth-order valence-electron chi connectivity index (χ4n) is 5.16. The van der Waals surface area contributed by atoms with Crippen molar-refractivity contribution in [1.29, 1.82) is 0 Å². The van der Waals surface area contributed by atoms with E-state index in [1.165, 1.54) is 22.3 Å². The van der Waals surface area contributed by atoms with E-state index in [2.05, 4.69) is 75.2 Å². The molecule has 2 aliphatic carbocycles. The number of nitrogens with zero attached hydrogens (tertiary/aromatic N) is 1. The number of aromatic amines is 1. The molecule has 2 atom stereocenters. The van der Waals surface area contributed by atoms with Crippen molar-refractivity contribution in [3.05, 3.63) is 98.5 Å². The van der Waals surface area contributed by atoms with E-state index in [0.29, 0.717) is 5.92 Å². The van der Waals surface area contributed by atoms with Gasteiger partial charge in [0.1, 0.15) is 5.54 Å². The van der Waals surface area contributed by atoms with Crippen LogP contribution in [0.2, 0.25) is 0 Å². The smallest absolute Gasteiger partial charge is 0.248 e. The Balaban J connectivity index is 1.76. The van der Waals surface area contributed by atoms with Crippen LogP contribution in [0.5, 0.6) is 0 Å². The van der Waals surface area contributed by atoms with Gasteiger partial charge in [0, 0.05) is 35.9 Å². The monoisotopic (exact) mass is 398 g/mol. The molecule has 1 N–H and O–H groups in total. The Morgan fingerprint density at radius 3 is 2.77 bits per heavy atom. The number of aliphatic imine (C=N–C) groups is 1. The van der Waals surface area contributed by atoms with E-state index in [1.807, 2.05) is 18.4 Å². The van der Waals surface area contributed by atoms with Gasteiger partial charge in [-0.05, 0) is 55.0 Å². The number of H-pyrrole nitrogens is 1. The number of allylic oxidation sites excluding steroid dienone is 3. The Kier molecular flexibility index (Phi) is 5.46. The van der Waals surface area contributed by atoms with Gasteiger partial charge in [-0.25, -0.2) is 0 Å². The van der Waals surface area contributed by atoms with Gasteiger partial charge in [-0.15, -0.1) is 0 Å². The van der Waals surface area contributed by atoms with Gasteiger partial charge in [0.05, 0.1) is 0 Å². The summed E-state index contributed by atoms with van der Waals surface area (Å²) < 4.78 is 0. The lowest BCUT2D eigenvalue weighted by molar-refractivity contribution is 0.413. The molecule has 3 nitrogen and oxygen atoms in total. The summed E-state index contributed by atoms with van der Waals surface area (Å²) in [6.45, 7) is 8.73. The van der Waals surface area contributed by atoms with Crippen molar-refractivity contribution >= 4 is 12.3 Å². The SMILES string of the molecule is C/C=C1\C2C=C(C)CC1(N=C/C=C/c1ccccc1C(C)C)c1ccc(=O)[nH]c1C2. The third kappa shape index (κ3) is 3.54. The Bertz CT molecular complexity index is 1130. The van der Waals surface area contributed by atoms with E-state index in [-0.39, 0.29) is 11.5 Å². The average Bonchev–Trinajstić information content (AvgIpc) is 2.70. The van der Waals surface area contributed by atoms with Crippen molar-refractivity contribution in [3.8, 4) is 0 Å². The fraction of sp³-hybridized carbons (Fsp3) is 0.333. The van der Waals surface area contributed by atoms with Gasteiger partial charge in [-0.3, -0.25) is 9.79 Å². The quantitative estimate of drug-likeness (QED) is 0.502. The molecule has 2 bridgehead atoms. The molecule has 0 aliphatic heterocycles. The van der Waals surface area contributed by atoms with Crippen molar-refractivity contribution in [3.63, 3.8) is 0 Å². The Hall–Kier alpha value is -2.94. The second kappa shape index (κ2) is 8.06. The van der Waals surface area contributed by atoms with Gasteiger partial charge >= 0.3 is 0 Å². The molecule has 1 aromatic heterocycles. The number of pyridine rings is 1. The topological polar surface area (TPSA) is 45.2 Å². The minimum Gasteiger partial charge on any atom is -0.326 e. The molecule has 2 unspecified atom stereocenters. The van der Waals surface area contributed by atoms with Crippen LogP contribution in [0.1, 0.15) is 62.4 Å². The molecule has 0 amide bonds. The molecule has 0 radical (unpaired) electrons. The summed E-state index contributed by atoms with van der Waals surface area (Å²) in [5, 5.41) is 0. The number of aromatic nitrogens is 1. The standard InChI is InChI=1S/C27H30N2O/c1-5-23-21-15-19(4)17-27(23,24-12-13-26(30)29-25(24)16-21)28-14-8-10-20-9-6-7-11-22(20)18(2)3/h5-15,18,21H,16-17H2,1-4H3,(H,29,30)/b10-8+,23-5+,28-14?. The highest BCUT2D eigenvalue weighted by Gasteiger charge is 2.46. The molecule has 3 heteroatoms. The summed E-state index contributed by atoms with van der Waals surface area (Å²) in [5.41, 5.74) is 6.94. The van der Waals surface area contributed by atoms with Gasteiger partial charge in [-0.2, -0.15) is 0 Å². The molecule has 2 aliphatic rings. The highest BCUT2D eigenvalue weighted by molar-refractivity contribution is 5.80. The van der Waals surface area contributed by atoms with E-state index in [0.717, 1.165) is 24.1 Å². The third-order valence-electron chi connectivity index (χ3n) is 6.35. The number of benzene rings is 1.